The topological polar surface area (TPSA) is 101 Å². The number of carbonyl (C=O) groups is 1. The molecule has 0 aliphatic carbocycles. The second-order valence-corrected chi connectivity index (χ2v) is 9.29. The third-order valence-corrected chi connectivity index (χ3v) is 6.59. The van der Waals surface area contributed by atoms with E-state index in [0.29, 0.717) is 11.1 Å². The van der Waals surface area contributed by atoms with Gasteiger partial charge in [-0.05, 0) is 48.0 Å². The van der Waals surface area contributed by atoms with Crippen molar-refractivity contribution >= 4 is 44.3 Å². The lowest BCUT2D eigenvalue weighted by atomic mass is 10.1. The number of aromatic nitrogens is 2. The first-order valence-electron chi connectivity index (χ1n) is 9.93. The number of nitrogens with zero attached hydrogens (tertiary/aromatic N) is 2. The lowest BCUT2D eigenvalue weighted by Crippen LogP contribution is -2.30. The number of alkyl halides is 1. The van der Waals surface area contributed by atoms with E-state index in [4.69, 9.17) is 11.6 Å². The van der Waals surface area contributed by atoms with Crippen LogP contribution < -0.4 is 10.0 Å². The number of hydrogen-bond donors (Lipinski definition) is 2. The summed E-state index contributed by atoms with van der Waals surface area (Å²) < 4.78 is 55.6. The molecule has 0 radical (unpaired) electrons. The first-order valence-corrected chi connectivity index (χ1v) is 11.8. The first kappa shape index (κ1) is 23.5. The highest BCUT2D eigenvalue weighted by Gasteiger charge is 2.24. The average Bonchev–Trinajstić information content (AvgIpc) is 2.82. The summed E-state index contributed by atoms with van der Waals surface area (Å²) in [6.45, 7) is -0.958. The van der Waals surface area contributed by atoms with E-state index in [1.165, 1.54) is 54.9 Å². The molecule has 0 spiro atoms. The predicted molar refractivity (Wildman–Crippen MR) is 124 cm³/mol. The SMILES string of the molecule is O=C(N[C@H](CF)c1ccc(F)cc1)c1ccc(Cl)cc1NS(=O)(=O)c1cccc2nccnc12. The van der Waals surface area contributed by atoms with E-state index in [9.17, 15) is 22.0 Å². The Kier molecular flexibility index (Phi) is 6.71. The van der Waals surface area contributed by atoms with E-state index in [2.05, 4.69) is 20.0 Å². The molecule has 1 heterocycles. The average molecular weight is 503 g/mol. The standard InChI is InChI=1S/C23H17ClF2N4O3S/c24-15-6-9-17(23(31)29-20(13-25)14-4-7-16(26)8-5-14)19(12-15)30-34(32,33)21-3-1-2-18-22(21)28-11-10-27-18/h1-12,20,30H,13H2,(H,29,31)/t20-/m1/s1. The van der Waals surface area contributed by atoms with Crippen molar-refractivity contribution in [2.24, 2.45) is 0 Å². The van der Waals surface area contributed by atoms with Crippen LogP contribution in [0.3, 0.4) is 0 Å². The third-order valence-electron chi connectivity index (χ3n) is 4.95. The summed E-state index contributed by atoms with van der Waals surface area (Å²) in [6, 6.07) is 12.4. The van der Waals surface area contributed by atoms with Crippen molar-refractivity contribution in [3.05, 3.63) is 95.0 Å². The number of anilines is 1. The number of rotatable bonds is 7. The normalized spacial score (nSPS) is 12.3. The Morgan fingerprint density at radius 1 is 1.03 bits per heavy atom. The van der Waals surface area contributed by atoms with Crippen molar-refractivity contribution in [3.63, 3.8) is 0 Å². The van der Waals surface area contributed by atoms with Crippen molar-refractivity contribution in [2.75, 3.05) is 11.4 Å². The van der Waals surface area contributed by atoms with Gasteiger partial charge in [0.05, 0.1) is 22.8 Å². The van der Waals surface area contributed by atoms with Gasteiger partial charge in [-0.15, -0.1) is 0 Å². The Labute approximate surface area is 198 Å². The molecule has 0 fully saturated rings. The van der Waals surface area contributed by atoms with Crippen LogP contribution in [0.5, 0.6) is 0 Å². The molecule has 0 saturated carbocycles. The second-order valence-electron chi connectivity index (χ2n) is 7.21. The van der Waals surface area contributed by atoms with Crippen LogP contribution in [0.15, 0.2) is 78.0 Å². The van der Waals surface area contributed by atoms with Crippen LogP contribution in [-0.4, -0.2) is 31.0 Å². The second kappa shape index (κ2) is 9.70. The molecule has 1 amide bonds. The van der Waals surface area contributed by atoms with Gasteiger partial charge in [0, 0.05) is 17.4 Å². The molecule has 34 heavy (non-hydrogen) atoms. The van der Waals surface area contributed by atoms with Crippen LogP contribution >= 0.6 is 11.6 Å². The minimum Gasteiger partial charge on any atom is -0.343 e. The molecule has 0 saturated heterocycles. The number of para-hydroxylation sites is 1. The number of carbonyl (C=O) groups excluding carboxylic acids is 1. The number of benzene rings is 3. The quantitative estimate of drug-likeness (QED) is 0.382. The van der Waals surface area contributed by atoms with Crippen LogP contribution in [0.25, 0.3) is 11.0 Å². The Hall–Kier alpha value is -3.63. The number of halogens is 3. The Morgan fingerprint density at radius 2 is 1.76 bits per heavy atom. The summed E-state index contributed by atoms with van der Waals surface area (Å²) in [5.74, 6) is -1.25. The van der Waals surface area contributed by atoms with Crippen molar-refractivity contribution in [3.8, 4) is 0 Å². The van der Waals surface area contributed by atoms with Crippen LogP contribution in [0.4, 0.5) is 14.5 Å². The fourth-order valence-electron chi connectivity index (χ4n) is 3.32. The molecule has 2 N–H and O–H groups in total. The van der Waals surface area contributed by atoms with Gasteiger partial charge in [-0.1, -0.05) is 29.8 Å². The summed E-state index contributed by atoms with van der Waals surface area (Å²) in [4.78, 5) is 21.0. The molecule has 4 aromatic rings. The summed E-state index contributed by atoms with van der Waals surface area (Å²) in [5, 5.41) is 2.67. The van der Waals surface area contributed by atoms with E-state index in [1.807, 2.05) is 0 Å². The molecule has 0 bridgehead atoms. The Bertz CT molecular complexity index is 1460. The molecule has 3 aromatic carbocycles. The molecular weight excluding hydrogens is 486 g/mol. The van der Waals surface area contributed by atoms with Crippen LogP contribution in [-0.2, 0) is 10.0 Å². The van der Waals surface area contributed by atoms with Gasteiger partial charge in [0.2, 0.25) is 0 Å². The van der Waals surface area contributed by atoms with Crippen molar-refractivity contribution in [2.45, 2.75) is 10.9 Å². The zero-order chi connectivity index (χ0) is 24.3. The highest BCUT2D eigenvalue weighted by atomic mass is 35.5. The Morgan fingerprint density at radius 3 is 2.50 bits per heavy atom. The summed E-state index contributed by atoms with van der Waals surface area (Å²) >= 11 is 6.05. The van der Waals surface area contributed by atoms with E-state index in [1.54, 1.807) is 6.07 Å². The maximum atomic E-state index is 13.7. The van der Waals surface area contributed by atoms with Gasteiger partial charge in [0.25, 0.3) is 15.9 Å². The van der Waals surface area contributed by atoms with Crippen molar-refractivity contribution in [1.29, 1.82) is 0 Å². The first-order chi connectivity index (χ1) is 16.3. The summed E-state index contributed by atoms with van der Waals surface area (Å²) in [6.07, 6.45) is 2.81. The molecule has 1 aromatic heterocycles. The molecule has 0 aliphatic rings. The van der Waals surface area contributed by atoms with Gasteiger partial charge in [0.15, 0.2) is 0 Å². The molecule has 1 atom stereocenters. The number of amides is 1. The summed E-state index contributed by atoms with van der Waals surface area (Å²) in [5.41, 5.74) is 0.684. The van der Waals surface area contributed by atoms with E-state index >= 15 is 0 Å². The molecular formula is C23H17ClF2N4O3S. The lowest BCUT2D eigenvalue weighted by Gasteiger charge is -2.18. The molecule has 174 valence electrons. The summed E-state index contributed by atoms with van der Waals surface area (Å²) in [7, 11) is -4.21. The van der Waals surface area contributed by atoms with Crippen LogP contribution in [0, 0.1) is 5.82 Å². The molecule has 0 unspecified atom stereocenters. The maximum Gasteiger partial charge on any atom is 0.264 e. The van der Waals surface area contributed by atoms with Gasteiger partial charge < -0.3 is 5.32 Å². The van der Waals surface area contributed by atoms with E-state index in [0.717, 1.165) is 12.1 Å². The largest absolute Gasteiger partial charge is 0.343 e. The number of nitrogens with one attached hydrogen (secondary N) is 2. The van der Waals surface area contributed by atoms with E-state index < -0.39 is 34.5 Å². The van der Waals surface area contributed by atoms with Crippen LogP contribution in [0.2, 0.25) is 5.02 Å². The minimum absolute atomic E-state index is 0.0835. The van der Waals surface area contributed by atoms with E-state index in [-0.39, 0.29) is 26.7 Å². The van der Waals surface area contributed by atoms with Gasteiger partial charge in [-0.2, -0.15) is 0 Å². The third kappa shape index (κ3) is 4.97. The molecule has 11 heteroatoms. The predicted octanol–water partition coefficient (Wildman–Crippen LogP) is 4.66. The van der Waals surface area contributed by atoms with Gasteiger partial charge in [-0.25, -0.2) is 17.2 Å². The number of sulfonamides is 1. The Balaban J connectivity index is 1.67. The van der Waals surface area contributed by atoms with Gasteiger partial charge >= 0.3 is 0 Å². The zero-order valence-corrected chi connectivity index (χ0v) is 18.9. The fraction of sp³-hybridized carbons (Fsp3) is 0.0870. The molecule has 4 rings (SSSR count). The molecule has 7 nitrogen and oxygen atoms in total. The highest BCUT2D eigenvalue weighted by molar-refractivity contribution is 7.93. The monoisotopic (exact) mass is 502 g/mol. The number of hydrogen-bond acceptors (Lipinski definition) is 5. The smallest absolute Gasteiger partial charge is 0.264 e. The van der Waals surface area contributed by atoms with Crippen molar-refractivity contribution < 1.29 is 22.0 Å². The van der Waals surface area contributed by atoms with Gasteiger partial charge in [0.1, 0.15) is 22.9 Å². The minimum atomic E-state index is -4.21. The fourth-order valence-corrected chi connectivity index (χ4v) is 4.73. The highest BCUT2D eigenvalue weighted by Crippen LogP contribution is 2.27. The number of fused-ring (bicyclic) bond motifs is 1. The van der Waals surface area contributed by atoms with Crippen molar-refractivity contribution in [1.82, 2.24) is 15.3 Å². The molecule has 0 aliphatic heterocycles. The van der Waals surface area contributed by atoms with Gasteiger partial charge in [-0.3, -0.25) is 19.5 Å². The van der Waals surface area contributed by atoms with Crippen LogP contribution in [0.1, 0.15) is 22.0 Å². The zero-order valence-electron chi connectivity index (χ0n) is 17.4. The lowest BCUT2D eigenvalue weighted by molar-refractivity contribution is 0.0930. The maximum absolute atomic E-state index is 13.7.